The minimum atomic E-state index is 0.377. The van der Waals surface area contributed by atoms with Crippen molar-refractivity contribution in [2.75, 3.05) is 47.7 Å². The third-order valence-electron chi connectivity index (χ3n) is 3.09. The lowest BCUT2D eigenvalue weighted by molar-refractivity contribution is 0.754. The molecule has 0 aliphatic rings. The summed E-state index contributed by atoms with van der Waals surface area (Å²) in [4.78, 5) is 15.5. The fourth-order valence-electron chi connectivity index (χ4n) is 1.83. The van der Waals surface area contributed by atoms with Crippen molar-refractivity contribution in [2.24, 2.45) is 0 Å². The topological polar surface area (TPSA) is 66.0 Å². The molecule has 1 aromatic heterocycles. The van der Waals surface area contributed by atoms with Gasteiger partial charge in [-0.1, -0.05) is 6.92 Å². The number of hydrogen-bond donors (Lipinski definition) is 2. The lowest BCUT2D eigenvalue weighted by atomic mass is 10.3. The van der Waals surface area contributed by atoms with Crippen LogP contribution in [0.5, 0.6) is 0 Å². The number of nitrogens with one attached hydrogen (secondary N) is 2. The number of aromatic nitrogens is 3. The van der Waals surface area contributed by atoms with Gasteiger partial charge in [-0.15, -0.1) is 0 Å². The first-order chi connectivity index (χ1) is 9.68. The van der Waals surface area contributed by atoms with E-state index in [2.05, 4.69) is 57.5 Å². The SMILES string of the molecule is CCC(CSC)Nc1nc(NC)nc(N(CC)CC)n1. The zero-order chi connectivity index (χ0) is 15.0. The molecule has 0 radical (unpaired) electrons. The molecule has 0 saturated carbocycles. The van der Waals surface area contributed by atoms with E-state index in [-0.39, 0.29) is 0 Å². The minimum absolute atomic E-state index is 0.377. The van der Waals surface area contributed by atoms with Gasteiger partial charge in [-0.25, -0.2) is 0 Å². The van der Waals surface area contributed by atoms with E-state index in [1.54, 1.807) is 0 Å². The van der Waals surface area contributed by atoms with Crippen molar-refractivity contribution in [1.29, 1.82) is 0 Å². The van der Waals surface area contributed by atoms with Crippen LogP contribution in [0.2, 0.25) is 0 Å². The first kappa shape index (κ1) is 16.8. The summed E-state index contributed by atoms with van der Waals surface area (Å²) in [6, 6.07) is 0.377. The minimum Gasteiger partial charge on any atom is -0.357 e. The fraction of sp³-hybridized carbons (Fsp3) is 0.769. The Hall–Kier alpha value is -1.24. The van der Waals surface area contributed by atoms with E-state index < -0.39 is 0 Å². The lowest BCUT2D eigenvalue weighted by Crippen LogP contribution is -2.27. The average molecular weight is 298 g/mol. The van der Waals surface area contributed by atoms with Gasteiger partial charge in [-0.05, 0) is 26.5 Å². The van der Waals surface area contributed by atoms with Crippen molar-refractivity contribution in [2.45, 2.75) is 33.2 Å². The predicted molar refractivity (Wildman–Crippen MR) is 89.0 cm³/mol. The number of nitrogens with zero attached hydrogens (tertiary/aromatic N) is 4. The summed E-state index contributed by atoms with van der Waals surface area (Å²) < 4.78 is 0. The summed E-state index contributed by atoms with van der Waals surface area (Å²) in [5.74, 6) is 3.00. The Kier molecular flexibility index (Phi) is 7.43. The van der Waals surface area contributed by atoms with Crippen molar-refractivity contribution in [1.82, 2.24) is 15.0 Å². The Balaban J connectivity index is 2.97. The molecule has 1 atom stereocenters. The third kappa shape index (κ3) is 4.70. The smallest absolute Gasteiger partial charge is 0.231 e. The molecule has 0 aliphatic carbocycles. The molecule has 0 spiro atoms. The van der Waals surface area contributed by atoms with Gasteiger partial charge in [0.15, 0.2) is 0 Å². The summed E-state index contributed by atoms with van der Waals surface area (Å²) in [5.41, 5.74) is 0. The zero-order valence-electron chi connectivity index (χ0n) is 13.1. The summed E-state index contributed by atoms with van der Waals surface area (Å²) in [6.07, 6.45) is 3.15. The molecule has 0 amide bonds. The van der Waals surface area contributed by atoms with E-state index in [1.807, 2.05) is 18.8 Å². The van der Waals surface area contributed by atoms with Crippen LogP contribution >= 0.6 is 11.8 Å². The van der Waals surface area contributed by atoms with Crippen molar-refractivity contribution in [3.63, 3.8) is 0 Å². The molecule has 0 aliphatic heterocycles. The monoisotopic (exact) mass is 298 g/mol. The Bertz CT molecular complexity index is 396. The van der Waals surface area contributed by atoms with Crippen LogP contribution < -0.4 is 15.5 Å². The third-order valence-corrected chi connectivity index (χ3v) is 3.82. The molecule has 1 heterocycles. The van der Waals surface area contributed by atoms with E-state index in [4.69, 9.17) is 0 Å². The summed E-state index contributed by atoms with van der Waals surface area (Å²) in [5, 5.41) is 6.40. The van der Waals surface area contributed by atoms with Crippen molar-refractivity contribution in [3.8, 4) is 0 Å². The molecule has 20 heavy (non-hydrogen) atoms. The Morgan fingerprint density at radius 3 is 2.25 bits per heavy atom. The zero-order valence-corrected chi connectivity index (χ0v) is 13.9. The van der Waals surface area contributed by atoms with Gasteiger partial charge in [-0.2, -0.15) is 26.7 Å². The van der Waals surface area contributed by atoms with Gasteiger partial charge in [0.25, 0.3) is 0 Å². The van der Waals surface area contributed by atoms with Crippen molar-refractivity contribution < 1.29 is 0 Å². The molecular formula is C13H26N6S. The Morgan fingerprint density at radius 1 is 1.10 bits per heavy atom. The number of anilines is 3. The lowest BCUT2D eigenvalue weighted by Gasteiger charge is -2.21. The molecule has 1 rings (SSSR count). The molecule has 7 heteroatoms. The van der Waals surface area contributed by atoms with Gasteiger partial charge in [0, 0.05) is 31.9 Å². The molecular weight excluding hydrogens is 272 g/mol. The molecule has 1 aromatic rings. The molecule has 0 aromatic carbocycles. The van der Waals surface area contributed by atoms with Crippen LogP contribution in [-0.2, 0) is 0 Å². The highest BCUT2D eigenvalue weighted by Crippen LogP contribution is 2.15. The van der Waals surface area contributed by atoms with Gasteiger partial charge in [0.05, 0.1) is 0 Å². The van der Waals surface area contributed by atoms with E-state index in [0.29, 0.717) is 17.9 Å². The average Bonchev–Trinajstić information content (AvgIpc) is 2.47. The van der Waals surface area contributed by atoms with Gasteiger partial charge in [-0.3, -0.25) is 0 Å². The second-order valence-electron chi connectivity index (χ2n) is 4.41. The highest BCUT2D eigenvalue weighted by Gasteiger charge is 2.13. The Morgan fingerprint density at radius 2 is 1.75 bits per heavy atom. The summed E-state index contributed by atoms with van der Waals surface area (Å²) >= 11 is 1.82. The van der Waals surface area contributed by atoms with Crippen LogP contribution in [0.4, 0.5) is 17.8 Å². The van der Waals surface area contributed by atoms with Gasteiger partial charge in [0.1, 0.15) is 0 Å². The molecule has 114 valence electrons. The maximum Gasteiger partial charge on any atom is 0.231 e. The highest BCUT2D eigenvalue weighted by molar-refractivity contribution is 7.98. The molecule has 0 saturated heterocycles. The van der Waals surface area contributed by atoms with Crippen LogP contribution in [0.3, 0.4) is 0 Å². The summed E-state index contributed by atoms with van der Waals surface area (Å²) in [6.45, 7) is 8.12. The second kappa shape index (κ2) is 8.84. The van der Waals surface area contributed by atoms with E-state index in [1.165, 1.54) is 0 Å². The number of thioether (sulfide) groups is 1. The second-order valence-corrected chi connectivity index (χ2v) is 5.32. The van der Waals surface area contributed by atoms with Gasteiger partial charge in [0.2, 0.25) is 17.8 Å². The van der Waals surface area contributed by atoms with Crippen LogP contribution in [0, 0.1) is 0 Å². The maximum absolute atomic E-state index is 4.54. The van der Waals surface area contributed by atoms with Gasteiger partial charge < -0.3 is 15.5 Å². The Labute approximate surface area is 126 Å². The molecule has 6 nitrogen and oxygen atoms in total. The first-order valence-electron chi connectivity index (χ1n) is 7.12. The quantitative estimate of drug-likeness (QED) is 0.725. The van der Waals surface area contributed by atoms with Crippen LogP contribution in [0.1, 0.15) is 27.2 Å². The molecule has 0 bridgehead atoms. The van der Waals surface area contributed by atoms with E-state index in [0.717, 1.165) is 31.2 Å². The van der Waals surface area contributed by atoms with Gasteiger partial charge >= 0.3 is 0 Å². The highest BCUT2D eigenvalue weighted by atomic mass is 32.2. The normalized spacial score (nSPS) is 12.1. The fourth-order valence-corrected chi connectivity index (χ4v) is 2.56. The van der Waals surface area contributed by atoms with E-state index >= 15 is 0 Å². The molecule has 0 fully saturated rings. The number of rotatable bonds is 9. The van der Waals surface area contributed by atoms with E-state index in [9.17, 15) is 0 Å². The predicted octanol–water partition coefficient (Wildman–Crippen LogP) is 2.31. The summed E-state index contributed by atoms with van der Waals surface area (Å²) in [7, 11) is 1.82. The van der Waals surface area contributed by atoms with Crippen LogP contribution in [0.25, 0.3) is 0 Å². The van der Waals surface area contributed by atoms with Crippen molar-refractivity contribution in [3.05, 3.63) is 0 Å². The van der Waals surface area contributed by atoms with Crippen LogP contribution in [-0.4, -0.2) is 53.1 Å². The number of hydrogen-bond acceptors (Lipinski definition) is 7. The standard InChI is InChI=1S/C13H26N6S/c1-6-10(9-20-5)15-12-16-11(14-4)17-13(18-12)19(7-2)8-3/h10H,6-9H2,1-5H3,(H2,14,15,16,17,18). The van der Waals surface area contributed by atoms with Crippen LogP contribution in [0.15, 0.2) is 0 Å². The first-order valence-corrected chi connectivity index (χ1v) is 8.51. The molecule has 2 N–H and O–H groups in total. The molecule has 1 unspecified atom stereocenters. The maximum atomic E-state index is 4.54. The van der Waals surface area contributed by atoms with Crippen molar-refractivity contribution >= 4 is 29.6 Å². The largest absolute Gasteiger partial charge is 0.357 e.